The minimum Gasteiger partial charge on any atom is -0.372 e. The van der Waals surface area contributed by atoms with E-state index in [4.69, 9.17) is 0 Å². The summed E-state index contributed by atoms with van der Waals surface area (Å²) in [7, 11) is 0. The lowest BCUT2D eigenvalue weighted by Crippen LogP contribution is -2.24. The van der Waals surface area contributed by atoms with Crippen LogP contribution in [-0.4, -0.2) is 36.4 Å². The Bertz CT molecular complexity index is 829. The Kier molecular flexibility index (Phi) is 7.11. The predicted molar refractivity (Wildman–Crippen MR) is 109 cm³/mol. The Morgan fingerprint density at radius 2 is 1.78 bits per heavy atom. The van der Waals surface area contributed by atoms with Crippen LogP contribution < -0.4 is 15.5 Å². The van der Waals surface area contributed by atoms with Crippen LogP contribution in [0.25, 0.3) is 0 Å². The predicted octanol–water partition coefficient (Wildman–Crippen LogP) is 3.40. The molecule has 1 heterocycles. The van der Waals surface area contributed by atoms with E-state index in [1.54, 1.807) is 6.08 Å². The van der Waals surface area contributed by atoms with Crippen molar-refractivity contribution in [2.75, 3.05) is 29.9 Å². The monoisotopic (exact) mass is 366 g/mol. The molecule has 0 aliphatic rings. The van der Waals surface area contributed by atoms with Crippen LogP contribution in [0.5, 0.6) is 0 Å². The Morgan fingerprint density at radius 3 is 2.37 bits per heavy atom. The van der Waals surface area contributed by atoms with Gasteiger partial charge in [-0.25, -0.2) is 0 Å². The highest BCUT2D eigenvalue weighted by Gasteiger charge is 2.13. The van der Waals surface area contributed by atoms with Gasteiger partial charge in [0.15, 0.2) is 0 Å². The number of aromatic nitrogens is 1. The van der Waals surface area contributed by atoms with Crippen molar-refractivity contribution in [2.45, 2.75) is 20.8 Å². The number of nitrogens with one attached hydrogen (secondary N) is 2. The van der Waals surface area contributed by atoms with Gasteiger partial charge in [0, 0.05) is 43.4 Å². The smallest absolute Gasteiger partial charge is 0.257 e. The van der Waals surface area contributed by atoms with E-state index in [-0.39, 0.29) is 11.8 Å². The maximum absolute atomic E-state index is 12.6. The summed E-state index contributed by atoms with van der Waals surface area (Å²) in [6.45, 7) is 11.9. The summed E-state index contributed by atoms with van der Waals surface area (Å²) in [6, 6.07) is 7.47. The molecule has 0 aliphatic carbocycles. The van der Waals surface area contributed by atoms with Gasteiger partial charge in [0.25, 0.3) is 11.8 Å². The number of aryl methyl sites for hydroxylation is 1. The van der Waals surface area contributed by atoms with Crippen molar-refractivity contribution >= 4 is 23.2 Å². The summed E-state index contributed by atoms with van der Waals surface area (Å²) >= 11 is 0. The zero-order valence-electron chi connectivity index (χ0n) is 16.1. The van der Waals surface area contributed by atoms with Gasteiger partial charge in [-0.15, -0.1) is 6.58 Å². The van der Waals surface area contributed by atoms with E-state index in [0.29, 0.717) is 17.7 Å². The van der Waals surface area contributed by atoms with Gasteiger partial charge in [-0.2, -0.15) is 0 Å². The Balaban J connectivity index is 2.15. The molecule has 2 rings (SSSR count). The highest BCUT2D eigenvalue weighted by atomic mass is 16.2. The molecule has 1 aromatic heterocycles. The molecule has 0 saturated carbocycles. The molecule has 0 atom stereocenters. The van der Waals surface area contributed by atoms with Crippen LogP contribution in [-0.2, 0) is 0 Å². The third-order valence-electron chi connectivity index (χ3n) is 4.26. The first-order valence-corrected chi connectivity index (χ1v) is 9.01. The summed E-state index contributed by atoms with van der Waals surface area (Å²) in [5.74, 6) is -0.601. The number of amides is 2. The second kappa shape index (κ2) is 9.52. The van der Waals surface area contributed by atoms with Crippen LogP contribution in [0.15, 0.2) is 49.3 Å². The van der Waals surface area contributed by atoms with Crippen LogP contribution in [0.1, 0.15) is 40.1 Å². The topological polar surface area (TPSA) is 74.3 Å². The molecule has 2 amide bonds. The second-order valence-electron chi connectivity index (χ2n) is 6.09. The fourth-order valence-corrected chi connectivity index (χ4v) is 2.72. The van der Waals surface area contributed by atoms with Gasteiger partial charge in [0.1, 0.15) is 0 Å². The van der Waals surface area contributed by atoms with Gasteiger partial charge in [-0.1, -0.05) is 6.08 Å². The van der Waals surface area contributed by atoms with E-state index < -0.39 is 0 Å². The minimum atomic E-state index is -0.306. The molecule has 2 N–H and O–H groups in total. The molecule has 0 spiro atoms. The molecular weight excluding hydrogens is 340 g/mol. The normalized spacial score (nSPS) is 10.2. The van der Waals surface area contributed by atoms with Crippen molar-refractivity contribution in [3.05, 3.63) is 66.0 Å². The fourth-order valence-electron chi connectivity index (χ4n) is 2.72. The number of anilines is 2. The Labute approximate surface area is 160 Å². The van der Waals surface area contributed by atoms with Gasteiger partial charge in [-0.3, -0.25) is 14.6 Å². The molecule has 0 radical (unpaired) electrons. The molecule has 0 fully saturated rings. The average molecular weight is 366 g/mol. The van der Waals surface area contributed by atoms with Crippen molar-refractivity contribution in [1.29, 1.82) is 0 Å². The first kappa shape index (κ1) is 20.2. The number of carbonyl (C=O) groups is 2. The molecule has 0 unspecified atom stereocenters. The third-order valence-corrected chi connectivity index (χ3v) is 4.26. The van der Waals surface area contributed by atoms with Crippen LogP contribution >= 0.6 is 0 Å². The van der Waals surface area contributed by atoms with Crippen LogP contribution in [0.3, 0.4) is 0 Å². The largest absolute Gasteiger partial charge is 0.372 e. The maximum Gasteiger partial charge on any atom is 0.257 e. The van der Waals surface area contributed by atoms with Crippen molar-refractivity contribution in [3.63, 3.8) is 0 Å². The lowest BCUT2D eigenvalue weighted by molar-refractivity contribution is 0.0957. The zero-order valence-corrected chi connectivity index (χ0v) is 16.1. The molecule has 142 valence electrons. The maximum atomic E-state index is 12.6. The van der Waals surface area contributed by atoms with E-state index >= 15 is 0 Å². The van der Waals surface area contributed by atoms with Gasteiger partial charge >= 0.3 is 0 Å². The molecule has 2 aromatic rings. The van der Waals surface area contributed by atoms with E-state index in [9.17, 15) is 9.59 Å². The highest BCUT2D eigenvalue weighted by molar-refractivity contribution is 6.06. The summed E-state index contributed by atoms with van der Waals surface area (Å²) in [5.41, 5.74) is 3.49. The third kappa shape index (κ3) is 5.17. The summed E-state index contributed by atoms with van der Waals surface area (Å²) in [6.07, 6.45) is 4.46. The molecular formula is C21H26N4O2. The summed E-state index contributed by atoms with van der Waals surface area (Å²) in [4.78, 5) is 30.8. The van der Waals surface area contributed by atoms with Crippen molar-refractivity contribution in [2.24, 2.45) is 0 Å². The zero-order chi connectivity index (χ0) is 19.8. The average Bonchev–Trinajstić information content (AvgIpc) is 2.69. The van der Waals surface area contributed by atoms with Crippen LogP contribution in [0, 0.1) is 6.92 Å². The number of nitrogens with zero attached hydrogens (tertiary/aromatic N) is 2. The molecule has 1 aromatic carbocycles. The van der Waals surface area contributed by atoms with Crippen molar-refractivity contribution < 1.29 is 9.59 Å². The molecule has 0 aliphatic heterocycles. The SMILES string of the molecule is C=CCNC(=O)c1cncc(C(=O)Nc2ccc(N(CC)CC)cc2C)c1. The van der Waals surface area contributed by atoms with E-state index in [1.807, 2.05) is 19.1 Å². The van der Waals surface area contributed by atoms with Crippen molar-refractivity contribution in [3.8, 4) is 0 Å². The molecule has 0 bridgehead atoms. The molecule has 27 heavy (non-hydrogen) atoms. The number of hydrogen-bond acceptors (Lipinski definition) is 4. The standard InChI is InChI=1S/C21H26N4O2/c1-5-10-23-20(26)16-12-17(14-22-13-16)21(27)24-19-9-8-18(11-15(19)4)25(6-2)7-3/h5,8-9,11-14H,1,6-7,10H2,2-4H3,(H,23,26)(H,24,27). The van der Waals surface area contributed by atoms with E-state index in [0.717, 1.165) is 30.0 Å². The lowest BCUT2D eigenvalue weighted by Gasteiger charge is -2.22. The van der Waals surface area contributed by atoms with Crippen LogP contribution in [0.4, 0.5) is 11.4 Å². The molecule has 6 heteroatoms. The van der Waals surface area contributed by atoms with Gasteiger partial charge < -0.3 is 15.5 Å². The molecule has 6 nitrogen and oxygen atoms in total. The first-order chi connectivity index (χ1) is 13.0. The lowest BCUT2D eigenvalue weighted by atomic mass is 10.1. The number of pyridine rings is 1. The summed E-state index contributed by atoms with van der Waals surface area (Å²) < 4.78 is 0. The Hall–Kier alpha value is -3.15. The van der Waals surface area contributed by atoms with E-state index in [2.05, 4.69) is 47.0 Å². The van der Waals surface area contributed by atoms with Gasteiger partial charge in [0.2, 0.25) is 0 Å². The van der Waals surface area contributed by atoms with Gasteiger partial charge in [0.05, 0.1) is 11.1 Å². The minimum absolute atomic E-state index is 0.295. The first-order valence-electron chi connectivity index (χ1n) is 9.01. The van der Waals surface area contributed by atoms with E-state index in [1.165, 1.54) is 18.5 Å². The Morgan fingerprint density at radius 1 is 1.11 bits per heavy atom. The molecule has 0 saturated heterocycles. The van der Waals surface area contributed by atoms with Crippen molar-refractivity contribution in [1.82, 2.24) is 10.3 Å². The highest BCUT2D eigenvalue weighted by Crippen LogP contribution is 2.23. The van der Waals surface area contributed by atoms with Gasteiger partial charge in [-0.05, 0) is 50.6 Å². The number of hydrogen-bond donors (Lipinski definition) is 2. The fraction of sp³-hybridized carbons (Fsp3) is 0.286. The number of rotatable bonds is 8. The summed E-state index contributed by atoms with van der Waals surface area (Å²) in [5, 5.41) is 5.56. The van der Waals surface area contributed by atoms with Crippen LogP contribution in [0.2, 0.25) is 0 Å². The number of carbonyl (C=O) groups excluding carboxylic acids is 2. The number of benzene rings is 1. The quantitative estimate of drug-likeness (QED) is 0.702. The second-order valence-corrected chi connectivity index (χ2v) is 6.09.